The van der Waals surface area contributed by atoms with Crippen molar-refractivity contribution >= 4 is 35.1 Å². The molecular formula is C30H39ClN8O5. The van der Waals surface area contributed by atoms with Gasteiger partial charge in [0.1, 0.15) is 16.4 Å². The van der Waals surface area contributed by atoms with Gasteiger partial charge in [-0.25, -0.2) is 28.6 Å². The number of nitrogens with one attached hydrogen (secondary N) is 1. The molecule has 6 rings (SSSR count). The molecule has 0 aromatic carbocycles. The Morgan fingerprint density at radius 3 is 1.98 bits per heavy atom. The Morgan fingerprint density at radius 2 is 1.41 bits per heavy atom. The van der Waals surface area contributed by atoms with Crippen LogP contribution in [0.5, 0.6) is 0 Å². The molecule has 4 aromatic rings. The zero-order chi connectivity index (χ0) is 31.8. The number of carbonyl (C=O) groups is 2. The molecule has 2 aliphatic rings. The molecule has 0 radical (unpaired) electrons. The van der Waals surface area contributed by atoms with Gasteiger partial charge in [0, 0.05) is 62.4 Å². The SMILES string of the molecule is CC(C)(C)OC(=O)N1CCC(c2cc(=O)n3[nH]ccc3n2)C1.CC(C)(C)OC(=O)N1CCC(c2cc(Cl)n3nccc3n2)C1. The topological polar surface area (TPSA) is 139 Å². The molecule has 1 N–H and O–H groups in total. The van der Waals surface area contributed by atoms with Crippen LogP contribution in [0.1, 0.15) is 77.6 Å². The predicted octanol–water partition coefficient (Wildman–Crippen LogP) is 4.85. The number of ether oxygens (including phenoxy) is 2. The van der Waals surface area contributed by atoms with Crippen molar-refractivity contribution in [1.29, 1.82) is 0 Å². The average Bonchev–Trinajstić information content (AvgIpc) is 3.73. The van der Waals surface area contributed by atoms with Crippen LogP contribution in [0.25, 0.3) is 11.3 Å². The van der Waals surface area contributed by atoms with Crippen LogP contribution < -0.4 is 5.56 Å². The molecule has 0 aliphatic carbocycles. The van der Waals surface area contributed by atoms with Crippen LogP contribution in [0.4, 0.5) is 9.59 Å². The van der Waals surface area contributed by atoms with Gasteiger partial charge in [-0.3, -0.25) is 9.89 Å². The highest BCUT2D eigenvalue weighted by atomic mass is 35.5. The number of halogens is 1. The fourth-order valence-electron chi connectivity index (χ4n) is 5.25. The van der Waals surface area contributed by atoms with Crippen molar-refractivity contribution in [3.8, 4) is 0 Å². The van der Waals surface area contributed by atoms with Crippen molar-refractivity contribution < 1.29 is 19.1 Å². The summed E-state index contributed by atoms with van der Waals surface area (Å²) < 4.78 is 13.8. The number of hydrogen-bond donors (Lipinski definition) is 1. The molecule has 2 fully saturated rings. The quantitative estimate of drug-likeness (QED) is 0.311. The molecular weight excluding hydrogens is 588 g/mol. The fraction of sp³-hybridized carbons (Fsp3) is 0.533. The fourth-order valence-corrected chi connectivity index (χ4v) is 5.49. The molecule has 0 saturated carbocycles. The average molecular weight is 627 g/mol. The third-order valence-corrected chi connectivity index (χ3v) is 7.52. The van der Waals surface area contributed by atoms with E-state index in [-0.39, 0.29) is 29.6 Å². The van der Waals surface area contributed by atoms with Gasteiger partial charge < -0.3 is 19.3 Å². The lowest BCUT2D eigenvalue weighted by Gasteiger charge is -2.24. The summed E-state index contributed by atoms with van der Waals surface area (Å²) in [6.07, 6.45) is 4.40. The van der Waals surface area contributed by atoms with Crippen LogP contribution in [0.2, 0.25) is 5.15 Å². The van der Waals surface area contributed by atoms with Gasteiger partial charge in [0.05, 0.1) is 17.6 Å². The van der Waals surface area contributed by atoms with Gasteiger partial charge in [0.25, 0.3) is 5.56 Å². The van der Waals surface area contributed by atoms with E-state index in [1.165, 1.54) is 10.6 Å². The third-order valence-electron chi connectivity index (χ3n) is 7.25. The molecule has 2 atom stereocenters. The minimum Gasteiger partial charge on any atom is -0.444 e. The molecule has 14 heteroatoms. The standard InChI is InChI=1S/C15H19ClN4O2.C15H20N4O3/c1-15(2,3)22-14(21)19-7-5-10(9-19)11-8-12(16)20-13(18-11)4-6-17-20;1-15(2,3)22-14(21)18-7-5-10(9-18)11-8-13(20)19-12(17-11)4-6-16-19/h4,6,8,10H,5,7,9H2,1-3H3;4,6,8,10,16H,5,7,9H2,1-3H3. The van der Waals surface area contributed by atoms with Crippen molar-refractivity contribution in [3.05, 3.63) is 63.6 Å². The largest absolute Gasteiger partial charge is 0.444 e. The van der Waals surface area contributed by atoms with E-state index < -0.39 is 11.2 Å². The molecule has 236 valence electrons. The highest BCUT2D eigenvalue weighted by molar-refractivity contribution is 6.29. The summed E-state index contributed by atoms with van der Waals surface area (Å²) in [6.45, 7) is 13.6. The van der Waals surface area contributed by atoms with Gasteiger partial charge >= 0.3 is 12.2 Å². The van der Waals surface area contributed by atoms with Gasteiger partial charge in [-0.2, -0.15) is 5.10 Å². The first-order chi connectivity index (χ1) is 20.7. The van der Waals surface area contributed by atoms with Gasteiger partial charge in [-0.05, 0) is 60.5 Å². The molecule has 44 heavy (non-hydrogen) atoms. The Morgan fingerprint density at radius 1 is 0.864 bits per heavy atom. The lowest BCUT2D eigenvalue weighted by molar-refractivity contribution is 0.0282. The number of fused-ring (bicyclic) bond motifs is 2. The van der Waals surface area contributed by atoms with Crippen LogP contribution in [0.3, 0.4) is 0 Å². The van der Waals surface area contributed by atoms with E-state index in [1.807, 2.05) is 53.7 Å². The van der Waals surface area contributed by atoms with Crippen LogP contribution in [0.15, 0.2) is 41.5 Å². The summed E-state index contributed by atoms with van der Waals surface area (Å²) in [4.78, 5) is 48.7. The first kappa shape index (κ1) is 31.3. The van der Waals surface area contributed by atoms with Gasteiger partial charge in [0.15, 0.2) is 11.3 Å². The number of rotatable bonds is 2. The minimum absolute atomic E-state index is 0.0696. The number of amides is 2. The van der Waals surface area contributed by atoms with Crippen molar-refractivity contribution in [2.45, 2.75) is 77.4 Å². The monoisotopic (exact) mass is 626 g/mol. The molecule has 0 bridgehead atoms. The number of aromatic nitrogens is 6. The molecule has 6 heterocycles. The van der Waals surface area contributed by atoms with E-state index in [9.17, 15) is 14.4 Å². The van der Waals surface area contributed by atoms with Gasteiger partial charge in [-0.1, -0.05) is 11.6 Å². The van der Waals surface area contributed by atoms with E-state index in [0.29, 0.717) is 37.0 Å². The molecule has 2 amide bonds. The second kappa shape index (κ2) is 12.1. The van der Waals surface area contributed by atoms with Crippen LogP contribution >= 0.6 is 11.6 Å². The lowest BCUT2D eigenvalue weighted by atomic mass is 10.1. The highest BCUT2D eigenvalue weighted by Gasteiger charge is 2.33. The van der Waals surface area contributed by atoms with Crippen molar-refractivity contribution in [2.75, 3.05) is 26.2 Å². The normalized spacial score (nSPS) is 18.9. The van der Waals surface area contributed by atoms with Crippen LogP contribution in [-0.4, -0.2) is 88.6 Å². The molecule has 2 aliphatic heterocycles. The lowest BCUT2D eigenvalue weighted by Crippen LogP contribution is -2.35. The maximum atomic E-state index is 12.1. The summed E-state index contributed by atoms with van der Waals surface area (Å²) in [5.41, 5.74) is 1.82. The molecule has 2 saturated heterocycles. The summed E-state index contributed by atoms with van der Waals surface area (Å²) in [5.74, 6) is 0.241. The van der Waals surface area contributed by atoms with Crippen molar-refractivity contribution in [3.63, 3.8) is 0 Å². The van der Waals surface area contributed by atoms with Crippen molar-refractivity contribution in [1.82, 2.24) is 39.0 Å². The molecule has 4 aromatic heterocycles. The summed E-state index contributed by atoms with van der Waals surface area (Å²) >= 11 is 6.22. The number of carbonyl (C=O) groups excluding carboxylic acids is 2. The van der Waals surface area contributed by atoms with E-state index in [0.717, 1.165) is 29.9 Å². The first-order valence-corrected chi connectivity index (χ1v) is 15.1. The van der Waals surface area contributed by atoms with Crippen LogP contribution in [-0.2, 0) is 9.47 Å². The Hall–Kier alpha value is -4.13. The Balaban J connectivity index is 0.000000175. The maximum absolute atomic E-state index is 12.1. The second-order valence-corrected chi connectivity index (χ2v) is 13.5. The Bertz CT molecular complexity index is 1720. The maximum Gasteiger partial charge on any atom is 0.410 e. The second-order valence-electron chi connectivity index (χ2n) is 13.1. The number of H-pyrrole nitrogens is 1. The van der Waals surface area contributed by atoms with E-state index >= 15 is 0 Å². The minimum atomic E-state index is -0.504. The number of likely N-dealkylation sites (tertiary alicyclic amines) is 2. The summed E-state index contributed by atoms with van der Waals surface area (Å²) in [7, 11) is 0. The third kappa shape index (κ3) is 7.32. The molecule has 2 unspecified atom stereocenters. The smallest absolute Gasteiger partial charge is 0.410 e. The van der Waals surface area contributed by atoms with Gasteiger partial charge in [-0.15, -0.1) is 0 Å². The first-order valence-electron chi connectivity index (χ1n) is 14.7. The molecule has 0 spiro atoms. The number of nitrogens with zero attached hydrogens (tertiary/aromatic N) is 7. The van der Waals surface area contributed by atoms with E-state index in [2.05, 4.69) is 20.2 Å². The van der Waals surface area contributed by atoms with E-state index in [1.54, 1.807) is 32.8 Å². The number of aromatic amines is 1. The predicted molar refractivity (Wildman–Crippen MR) is 164 cm³/mol. The zero-order valence-corrected chi connectivity index (χ0v) is 26.7. The highest BCUT2D eigenvalue weighted by Crippen LogP contribution is 2.29. The van der Waals surface area contributed by atoms with Crippen LogP contribution in [0, 0.1) is 0 Å². The van der Waals surface area contributed by atoms with E-state index in [4.69, 9.17) is 21.1 Å². The molecule has 13 nitrogen and oxygen atoms in total. The van der Waals surface area contributed by atoms with Crippen molar-refractivity contribution in [2.24, 2.45) is 0 Å². The Kier molecular flexibility index (Phi) is 8.61. The Labute approximate surface area is 260 Å². The summed E-state index contributed by atoms with van der Waals surface area (Å²) in [5, 5.41) is 7.45. The number of hydrogen-bond acceptors (Lipinski definition) is 8. The summed E-state index contributed by atoms with van der Waals surface area (Å²) in [6, 6.07) is 6.93. The van der Waals surface area contributed by atoms with Gasteiger partial charge in [0.2, 0.25) is 0 Å². The zero-order valence-electron chi connectivity index (χ0n) is 25.9.